The lowest BCUT2D eigenvalue weighted by Crippen LogP contribution is -2.34. The number of hydrogen-bond donors (Lipinski definition) is 1. The highest BCUT2D eigenvalue weighted by atomic mass is 16.6. The first-order valence-electron chi connectivity index (χ1n) is 8.08. The van der Waals surface area contributed by atoms with Crippen LogP contribution in [0.2, 0.25) is 0 Å². The molecule has 2 aromatic carbocycles. The van der Waals surface area contributed by atoms with Gasteiger partial charge in [-0.25, -0.2) is 9.59 Å². The lowest BCUT2D eigenvalue weighted by molar-refractivity contribution is -0.385. The fourth-order valence-electron chi connectivity index (χ4n) is 2.37. The molecule has 0 unspecified atom stereocenters. The van der Waals surface area contributed by atoms with Crippen LogP contribution in [0.4, 0.5) is 16.2 Å². The Balaban J connectivity index is 2.40. The Morgan fingerprint density at radius 3 is 2.30 bits per heavy atom. The van der Waals surface area contributed by atoms with Crippen molar-refractivity contribution < 1.29 is 24.4 Å². The van der Waals surface area contributed by atoms with Gasteiger partial charge in [0, 0.05) is 18.8 Å². The van der Waals surface area contributed by atoms with Gasteiger partial charge in [-0.2, -0.15) is 0 Å². The third-order valence-corrected chi connectivity index (χ3v) is 3.66. The normalized spacial score (nSPS) is 11.0. The number of carbonyl (C=O) groups excluding carboxylic acids is 1. The Hall–Kier alpha value is -3.42. The van der Waals surface area contributed by atoms with E-state index in [-0.39, 0.29) is 5.56 Å². The van der Waals surface area contributed by atoms with E-state index in [4.69, 9.17) is 9.84 Å². The maximum Gasteiger partial charge on any atom is 0.414 e. The summed E-state index contributed by atoms with van der Waals surface area (Å²) in [6.07, 6.45) is -0.535. The van der Waals surface area contributed by atoms with Gasteiger partial charge < -0.3 is 9.84 Å². The molecule has 8 heteroatoms. The second-order valence-corrected chi connectivity index (χ2v) is 6.88. The molecular weight excluding hydrogens is 352 g/mol. The van der Waals surface area contributed by atoms with Crippen molar-refractivity contribution in [1.82, 2.24) is 0 Å². The van der Waals surface area contributed by atoms with Crippen LogP contribution in [-0.4, -0.2) is 34.7 Å². The van der Waals surface area contributed by atoms with Gasteiger partial charge in [0.1, 0.15) is 11.2 Å². The van der Waals surface area contributed by atoms with Gasteiger partial charge in [-0.05, 0) is 50.1 Å². The van der Waals surface area contributed by atoms with Crippen molar-refractivity contribution in [2.75, 3.05) is 11.9 Å². The van der Waals surface area contributed by atoms with Crippen molar-refractivity contribution in [3.63, 3.8) is 0 Å². The number of nitro benzene ring substituents is 1. The molecule has 0 aromatic heterocycles. The molecule has 0 atom stereocenters. The van der Waals surface area contributed by atoms with Crippen LogP contribution in [0.5, 0.6) is 0 Å². The van der Waals surface area contributed by atoms with Gasteiger partial charge in [0.05, 0.1) is 4.92 Å². The molecule has 27 heavy (non-hydrogen) atoms. The smallest absolute Gasteiger partial charge is 0.414 e. The zero-order chi connectivity index (χ0) is 20.4. The van der Waals surface area contributed by atoms with Crippen LogP contribution >= 0.6 is 0 Å². The SMILES string of the molecule is CN(C(=O)OC(C)(C)C)c1cccc(-c2ccc(C(=O)O)c([N+](=O)[O-])c2)c1. The summed E-state index contributed by atoms with van der Waals surface area (Å²) in [7, 11) is 1.56. The standard InChI is InChI=1S/C19H20N2O6/c1-19(2,3)27-18(24)20(4)14-7-5-6-12(10-14)13-8-9-15(17(22)23)16(11-13)21(25)26/h5-11H,1-4H3,(H,22,23). The molecule has 0 saturated heterocycles. The van der Waals surface area contributed by atoms with Gasteiger partial charge in [0.15, 0.2) is 0 Å². The number of nitrogens with zero attached hydrogens (tertiary/aromatic N) is 2. The number of rotatable bonds is 4. The molecule has 0 heterocycles. The highest BCUT2D eigenvalue weighted by Gasteiger charge is 2.22. The van der Waals surface area contributed by atoms with Crippen LogP contribution in [0.1, 0.15) is 31.1 Å². The highest BCUT2D eigenvalue weighted by molar-refractivity contribution is 5.94. The van der Waals surface area contributed by atoms with E-state index < -0.39 is 28.3 Å². The van der Waals surface area contributed by atoms with Gasteiger partial charge in [-0.15, -0.1) is 0 Å². The van der Waals surface area contributed by atoms with E-state index >= 15 is 0 Å². The first-order valence-corrected chi connectivity index (χ1v) is 8.08. The van der Waals surface area contributed by atoms with Crippen LogP contribution < -0.4 is 4.90 Å². The first kappa shape index (κ1) is 19.9. The number of benzene rings is 2. The van der Waals surface area contributed by atoms with E-state index in [0.29, 0.717) is 16.8 Å². The zero-order valence-corrected chi connectivity index (χ0v) is 15.4. The Bertz CT molecular complexity index is 901. The van der Waals surface area contributed by atoms with Gasteiger partial charge in [0.2, 0.25) is 0 Å². The van der Waals surface area contributed by atoms with Crippen LogP contribution in [-0.2, 0) is 4.74 Å². The molecule has 0 bridgehead atoms. The van der Waals surface area contributed by atoms with Crippen LogP contribution in [0.15, 0.2) is 42.5 Å². The predicted molar refractivity (Wildman–Crippen MR) is 100 cm³/mol. The lowest BCUT2D eigenvalue weighted by Gasteiger charge is -2.25. The second kappa shape index (κ2) is 7.45. The zero-order valence-electron chi connectivity index (χ0n) is 15.4. The van der Waals surface area contributed by atoms with Gasteiger partial charge in [-0.3, -0.25) is 15.0 Å². The molecule has 1 N–H and O–H groups in total. The number of carboxylic acids is 1. The summed E-state index contributed by atoms with van der Waals surface area (Å²) < 4.78 is 5.32. The number of anilines is 1. The monoisotopic (exact) mass is 372 g/mol. The maximum absolute atomic E-state index is 12.2. The van der Waals surface area contributed by atoms with Gasteiger partial charge >= 0.3 is 12.1 Å². The number of amides is 1. The molecule has 0 fully saturated rings. The average Bonchev–Trinajstić information content (AvgIpc) is 2.59. The van der Waals surface area contributed by atoms with Crippen molar-refractivity contribution in [3.8, 4) is 11.1 Å². The fourth-order valence-corrected chi connectivity index (χ4v) is 2.37. The van der Waals surface area contributed by atoms with Crippen LogP contribution in [0.3, 0.4) is 0 Å². The summed E-state index contributed by atoms with van der Waals surface area (Å²) in [4.78, 5) is 35.1. The van der Waals surface area contributed by atoms with Crippen molar-refractivity contribution >= 4 is 23.4 Å². The Kier molecular flexibility index (Phi) is 5.49. The predicted octanol–water partition coefficient (Wildman–Crippen LogP) is 4.33. The first-order chi connectivity index (χ1) is 12.5. The average molecular weight is 372 g/mol. The van der Waals surface area contributed by atoms with Gasteiger partial charge in [0.25, 0.3) is 5.69 Å². The minimum Gasteiger partial charge on any atom is -0.477 e. The summed E-state index contributed by atoms with van der Waals surface area (Å²) in [5.41, 5.74) is 0.0773. The molecule has 0 aliphatic heterocycles. The summed E-state index contributed by atoms with van der Waals surface area (Å²) in [6.45, 7) is 5.29. The topological polar surface area (TPSA) is 110 Å². The molecule has 2 aromatic rings. The number of nitro groups is 1. The Labute approximate surface area is 156 Å². The van der Waals surface area contributed by atoms with Gasteiger partial charge in [-0.1, -0.05) is 18.2 Å². The molecular formula is C19H20N2O6. The summed E-state index contributed by atoms with van der Waals surface area (Å²) >= 11 is 0. The molecule has 0 aliphatic rings. The molecule has 0 radical (unpaired) electrons. The van der Waals surface area contributed by atoms with Crippen molar-refractivity contribution in [2.24, 2.45) is 0 Å². The fraction of sp³-hybridized carbons (Fsp3) is 0.263. The molecule has 1 amide bonds. The van der Waals surface area contributed by atoms with Crippen LogP contribution in [0.25, 0.3) is 11.1 Å². The minimum absolute atomic E-state index is 0.384. The third-order valence-electron chi connectivity index (χ3n) is 3.66. The lowest BCUT2D eigenvalue weighted by atomic mass is 10.0. The molecule has 0 spiro atoms. The number of carboxylic acid groups (broad SMARTS) is 1. The minimum atomic E-state index is -1.37. The summed E-state index contributed by atoms with van der Waals surface area (Å²) in [5.74, 6) is -1.37. The molecule has 0 saturated carbocycles. The van der Waals surface area contributed by atoms with Crippen molar-refractivity contribution in [2.45, 2.75) is 26.4 Å². The summed E-state index contributed by atoms with van der Waals surface area (Å²) in [5, 5.41) is 20.3. The van der Waals surface area contributed by atoms with Crippen molar-refractivity contribution in [3.05, 3.63) is 58.1 Å². The van der Waals surface area contributed by atoms with E-state index in [1.54, 1.807) is 52.1 Å². The Morgan fingerprint density at radius 2 is 1.74 bits per heavy atom. The molecule has 8 nitrogen and oxygen atoms in total. The van der Waals surface area contributed by atoms with Crippen molar-refractivity contribution in [1.29, 1.82) is 0 Å². The molecule has 2 rings (SSSR count). The van der Waals surface area contributed by atoms with E-state index in [0.717, 1.165) is 0 Å². The highest BCUT2D eigenvalue weighted by Crippen LogP contribution is 2.30. The quantitative estimate of drug-likeness (QED) is 0.632. The molecule has 0 aliphatic carbocycles. The Morgan fingerprint density at radius 1 is 1.11 bits per heavy atom. The number of ether oxygens (including phenoxy) is 1. The molecule has 142 valence electrons. The third kappa shape index (κ3) is 4.81. The van der Waals surface area contributed by atoms with E-state index in [1.165, 1.54) is 23.1 Å². The second-order valence-electron chi connectivity index (χ2n) is 6.88. The van der Waals surface area contributed by atoms with E-state index in [1.807, 2.05) is 0 Å². The van der Waals surface area contributed by atoms with E-state index in [9.17, 15) is 19.7 Å². The maximum atomic E-state index is 12.2. The largest absolute Gasteiger partial charge is 0.477 e. The van der Waals surface area contributed by atoms with E-state index in [2.05, 4.69) is 0 Å². The summed E-state index contributed by atoms with van der Waals surface area (Å²) in [6, 6.07) is 10.7. The number of hydrogen-bond acceptors (Lipinski definition) is 5. The number of carbonyl (C=O) groups is 2. The van der Waals surface area contributed by atoms with Crippen LogP contribution in [0, 0.1) is 10.1 Å². The number of aromatic carboxylic acids is 1.